The zero-order chi connectivity index (χ0) is 19.9. The fourth-order valence-corrected chi connectivity index (χ4v) is 3.07. The third-order valence-corrected chi connectivity index (χ3v) is 4.49. The lowest BCUT2D eigenvalue weighted by Crippen LogP contribution is -2.39. The van der Waals surface area contributed by atoms with Gasteiger partial charge in [0.1, 0.15) is 5.75 Å². The molecule has 1 atom stereocenters. The Hall–Kier alpha value is -2.29. The van der Waals surface area contributed by atoms with Crippen LogP contribution in [0.25, 0.3) is 0 Å². The fourth-order valence-electron chi connectivity index (χ4n) is 3.07. The average Bonchev–Trinajstić information content (AvgIpc) is 2.60. The van der Waals surface area contributed by atoms with Crippen LogP contribution >= 0.6 is 0 Å². The molecule has 1 heterocycles. The van der Waals surface area contributed by atoms with Gasteiger partial charge in [-0.1, -0.05) is 18.2 Å². The second-order valence-corrected chi connectivity index (χ2v) is 6.35. The number of rotatable bonds is 8. The highest BCUT2D eigenvalue weighted by atomic mass is 19.4. The Bertz CT molecular complexity index is 644. The number of para-hydroxylation sites is 1. The number of aryl methyl sites for hydroxylation is 1. The smallest absolute Gasteiger partial charge is 0.481 e. The molecule has 0 spiro atoms. The van der Waals surface area contributed by atoms with E-state index in [2.05, 4.69) is 10.1 Å². The van der Waals surface area contributed by atoms with Crippen molar-refractivity contribution >= 4 is 11.9 Å². The second kappa shape index (κ2) is 9.59. The molecule has 0 aliphatic carbocycles. The van der Waals surface area contributed by atoms with Crippen molar-refractivity contribution in [3.8, 4) is 5.75 Å². The lowest BCUT2D eigenvalue weighted by molar-refractivity contribution is -0.274. The molecule has 0 saturated carbocycles. The highest BCUT2D eigenvalue weighted by Gasteiger charge is 2.32. The molecule has 27 heavy (non-hydrogen) atoms. The number of aliphatic carboxylic acids is 1. The van der Waals surface area contributed by atoms with Gasteiger partial charge in [0, 0.05) is 26.2 Å². The number of carboxylic acid groups (broad SMARTS) is 1. The van der Waals surface area contributed by atoms with Crippen molar-refractivity contribution in [1.82, 2.24) is 5.32 Å². The van der Waals surface area contributed by atoms with Gasteiger partial charge in [-0.25, -0.2) is 0 Å². The van der Waals surface area contributed by atoms with Crippen molar-refractivity contribution in [3.05, 3.63) is 29.8 Å². The van der Waals surface area contributed by atoms with E-state index in [1.54, 1.807) is 6.07 Å². The fraction of sp³-hybridized carbons (Fsp3) is 0.556. The number of carbonyl (C=O) groups is 2. The van der Waals surface area contributed by atoms with Crippen LogP contribution in [0.4, 0.5) is 13.2 Å². The number of halogens is 3. The summed E-state index contributed by atoms with van der Waals surface area (Å²) in [5.41, 5.74) is 0.254. The quantitative estimate of drug-likeness (QED) is 0.714. The maximum atomic E-state index is 12.4. The van der Waals surface area contributed by atoms with Crippen LogP contribution in [0.5, 0.6) is 5.75 Å². The molecule has 1 aromatic rings. The number of amides is 1. The molecule has 6 nitrogen and oxygen atoms in total. The van der Waals surface area contributed by atoms with Crippen molar-refractivity contribution in [2.75, 3.05) is 19.8 Å². The van der Waals surface area contributed by atoms with Gasteiger partial charge >= 0.3 is 12.3 Å². The van der Waals surface area contributed by atoms with E-state index in [1.165, 1.54) is 18.2 Å². The van der Waals surface area contributed by atoms with Crippen LogP contribution in [0.1, 0.15) is 24.8 Å². The van der Waals surface area contributed by atoms with Gasteiger partial charge in [0.15, 0.2) is 0 Å². The summed E-state index contributed by atoms with van der Waals surface area (Å²) in [5.74, 6) is -2.53. The van der Waals surface area contributed by atoms with Crippen LogP contribution < -0.4 is 10.1 Å². The number of carboxylic acids is 1. The lowest BCUT2D eigenvalue weighted by Gasteiger charge is -2.27. The van der Waals surface area contributed by atoms with E-state index in [-0.39, 0.29) is 36.6 Å². The molecule has 9 heteroatoms. The second-order valence-electron chi connectivity index (χ2n) is 6.35. The van der Waals surface area contributed by atoms with Crippen LogP contribution in [0.2, 0.25) is 0 Å². The summed E-state index contributed by atoms with van der Waals surface area (Å²) < 4.78 is 46.4. The van der Waals surface area contributed by atoms with E-state index in [9.17, 15) is 27.9 Å². The molecule has 0 bridgehead atoms. The first-order valence-corrected chi connectivity index (χ1v) is 8.67. The van der Waals surface area contributed by atoms with Crippen LogP contribution in [-0.2, 0) is 20.7 Å². The van der Waals surface area contributed by atoms with E-state index in [4.69, 9.17) is 4.74 Å². The number of hydrogen-bond acceptors (Lipinski definition) is 4. The van der Waals surface area contributed by atoms with Crippen molar-refractivity contribution in [1.29, 1.82) is 0 Å². The molecule has 0 radical (unpaired) electrons. The number of ether oxygens (including phenoxy) is 2. The summed E-state index contributed by atoms with van der Waals surface area (Å²) in [4.78, 5) is 23.5. The predicted molar refractivity (Wildman–Crippen MR) is 89.1 cm³/mol. The zero-order valence-electron chi connectivity index (χ0n) is 14.6. The van der Waals surface area contributed by atoms with Gasteiger partial charge in [0.05, 0.1) is 5.92 Å². The normalized spacial score (nSPS) is 16.6. The molecule has 150 valence electrons. The SMILES string of the molecule is O=C(CCc1ccccc1OC(F)(F)F)NCC(C(=O)O)C1CCOCC1. The molecule has 1 unspecified atom stereocenters. The number of nitrogens with one attached hydrogen (secondary N) is 1. The van der Waals surface area contributed by atoms with Crippen molar-refractivity contribution < 1.29 is 37.3 Å². The van der Waals surface area contributed by atoms with E-state index in [0.717, 1.165) is 0 Å². The maximum absolute atomic E-state index is 12.4. The largest absolute Gasteiger partial charge is 0.573 e. The molecule has 1 saturated heterocycles. The van der Waals surface area contributed by atoms with E-state index < -0.39 is 24.2 Å². The zero-order valence-corrected chi connectivity index (χ0v) is 14.6. The summed E-state index contributed by atoms with van der Waals surface area (Å²) in [6.07, 6.45) is -3.59. The van der Waals surface area contributed by atoms with Crippen LogP contribution in [0.15, 0.2) is 24.3 Å². The van der Waals surface area contributed by atoms with Gasteiger partial charge < -0.3 is 19.9 Å². The monoisotopic (exact) mass is 389 g/mol. The summed E-state index contributed by atoms with van der Waals surface area (Å²) in [6, 6.07) is 5.61. The van der Waals surface area contributed by atoms with Crippen molar-refractivity contribution in [2.45, 2.75) is 32.0 Å². The third kappa shape index (κ3) is 7.09. The van der Waals surface area contributed by atoms with E-state index in [0.29, 0.717) is 26.1 Å². The molecule has 0 aromatic heterocycles. The number of carbonyl (C=O) groups excluding carboxylic acids is 1. The van der Waals surface area contributed by atoms with Gasteiger partial charge in [0.2, 0.25) is 5.91 Å². The number of benzene rings is 1. The highest BCUT2D eigenvalue weighted by molar-refractivity contribution is 5.77. The summed E-state index contributed by atoms with van der Waals surface area (Å²) >= 11 is 0. The first-order chi connectivity index (χ1) is 12.8. The topological polar surface area (TPSA) is 84.9 Å². The Labute approximate surface area is 154 Å². The Balaban J connectivity index is 1.86. The summed E-state index contributed by atoms with van der Waals surface area (Å²) in [5, 5.41) is 12.0. The Morgan fingerprint density at radius 2 is 1.93 bits per heavy atom. The summed E-state index contributed by atoms with van der Waals surface area (Å²) in [7, 11) is 0. The van der Waals surface area contributed by atoms with E-state index in [1.807, 2.05) is 0 Å². The lowest BCUT2D eigenvalue weighted by atomic mass is 9.86. The molecule has 1 aliphatic heterocycles. The standard InChI is InChI=1S/C18H22F3NO5/c19-18(20,21)27-15-4-2-1-3-13(15)5-6-16(23)22-11-14(17(24)25)12-7-9-26-10-8-12/h1-4,12,14H,5-11H2,(H,22,23)(H,24,25). The summed E-state index contributed by atoms with van der Waals surface area (Å²) in [6.45, 7) is 0.982. The van der Waals surface area contributed by atoms with Gasteiger partial charge in [0.25, 0.3) is 0 Å². The molecule has 1 amide bonds. The minimum absolute atomic E-state index is 0.0144. The van der Waals surface area contributed by atoms with Crippen molar-refractivity contribution in [2.24, 2.45) is 11.8 Å². The number of hydrogen-bond donors (Lipinski definition) is 2. The Morgan fingerprint density at radius 1 is 1.26 bits per heavy atom. The molecule has 2 rings (SSSR count). The predicted octanol–water partition coefficient (Wildman–Crippen LogP) is 2.76. The minimum atomic E-state index is -4.81. The van der Waals surface area contributed by atoms with Gasteiger partial charge in [-0.2, -0.15) is 0 Å². The molecule has 2 N–H and O–H groups in total. The molecule has 1 fully saturated rings. The number of alkyl halides is 3. The Morgan fingerprint density at radius 3 is 2.56 bits per heavy atom. The van der Waals surface area contributed by atoms with Crippen LogP contribution in [-0.4, -0.2) is 43.1 Å². The first-order valence-electron chi connectivity index (χ1n) is 8.67. The van der Waals surface area contributed by atoms with Crippen LogP contribution in [0, 0.1) is 11.8 Å². The van der Waals surface area contributed by atoms with Gasteiger partial charge in [-0.15, -0.1) is 13.2 Å². The molecular weight excluding hydrogens is 367 g/mol. The van der Waals surface area contributed by atoms with E-state index >= 15 is 0 Å². The Kier molecular flexibility index (Phi) is 7.46. The molecule has 1 aromatic carbocycles. The molecule has 1 aliphatic rings. The highest BCUT2D eigenvalue weighted by Crippen LogP contribution is 2.27. The van der Waals surface area contributed by atoms with Gasteiger partial charge in [-0.05, 0) is 36.8 Å². The molecular formula is C18H22F3NO5. The maximum Gasteiger partial charge on any atom is 0.573 e. The van der Waals surface area contributed by atoms with Crippen LogP contribution in [0.3, 0.4) is 0 Å². The average molecular weight is 389 g/mol. The first kappa shape index (κ1) is 21.0. The third-order valence-electron chi connectivity index (χ3n) is 4.49. The minimum Gasteiger partial charge on any atom is -0.481 e. The van der Waals surface area contributed by atoms with Crippen molar-refractivity contribution in [3.63, 3.8) is 0 Å². The van der Waals surface area contributed by atoms with Gasteiger partial charge in [-0.3, -0.25) is 9.59 Å².